The van der Waals surface area contributed by atoms with E-state index in [1.165, 1.54) is 12.1 Å². The fourth-order valence-electron chi connectivity index (χ4n) is 3.91. The van der Waals surface area contributed by atoms with Gasteiger partial charge in [-0.25, -0.2) is 4.39 Å². The van der Waals surface area contributed by atoms with Gasteiger partial charge in [0.05, 0.1) is 17.5 Å². The van der Waals surface area contributed by atoms with E-state index in [2.05, 4.69) is 17.1 Å². The van der Waals surface area contributed by atoms with Gasteiger partial charge < -0.3 is 13.9 Å². The van der Waals surface area contributed by atoms with Crippen LogP contribution in [0.2, 0.25) is 0 Å². The Kier molecular flexibility index (Phi) is 4.59. The van der Waals surface area contributed by atoms with Gasteiger partial charge in [-0.15, -0.1) is 0 Å². The number of benzene rings is 2. The topological polar surface area (TPSA) is 51.4 Å². The second-order valence-corrected chi connectivity index (χ2v) is 10.8. The summed E-state index contributed by atoms with van der Waals surface area (Å²) in [4.78, 5) is 16.0. The van der Waals surface area contributed by atoms with Gasteiger partial charge in [0, 0.05) is 23.7 Å². The van der Waals surface area contributed by atoms with Crippen LogP contribution in [0.25, 0.3) is 16.6 Å². The summed E-state index contributed by atoms with van der Waals surface area (Å²) in [5.41, 5.74) is 5.51. The number of fused-ring (bicyclic) bond motifs is 2. The zero-order chi connectivity index (χ0) is 20.1. The van der Waals surface area contributed by atoms with Crippen molar-refractivity contribution in [3.8, 4) is 5.69 Å². The first kappa shape index (κ1) is 18.8. The van der Waals surface area contributed by atoms with E-state index in [1.807, 2.05) is 10.8 Å². The number of ketones is 1. The number of aryl methyl sites for hydroxylation is 1. The molecule has 144 valence electrons. The lowest BCUT2D eigenvalue weighted by molar-refractivity contribution is -0.116. The van der Waals surface area contributed by atoms with E-state index in [-0.39, 0.29) is 11.6 Å². The SMILES string of the molecule is CC(=O)CCc1c(P(C)(C)=O)n(-c2ccc(F)cc2)c2cc3c(cc12)CN=C3. The maximum atomic E-state index is 13.5. The molecule has 0 spiro atoms. The summed E-state index contributed by atoms with van der Waals surface area (Å²) in [6.07, 6.45) is 2.77. The van der Waals surface area contributed by atoms with Gasteiger partial charge in [-0.2, -0.15) is 0 Å². The number of aromatic nitrogens is 1. The van der Waals surface area contributed by atoms with Crippen LogP contribution < -0.4 is 5.44 Å². The van der Waals surface area contributed by atoms with Crippen molar-refractivity contribution in [2.75, 3.05) is 13.3 Å². The Morgan fingerprint density at radius 2 is 1.93 bits per heavy atom. The first-order valence-electron chi connectivity index (χ1n) is 9.26. The van der Waals surface area contributed by atoms with Gasteiger partial charge in [-0.3, -0.25) is 4.99 Å². The van der Waals surface area contributed by atoms with E-state index < -0.39 is 7.14 Å². The van der Waals surface area contributed by atoms with Crippen LogP contribution in [0.3, 0.4) is 0 Å². The molecule has 0 bridgehead atoms. The Morgan fingerprint density at radius 3 is 2.57 bits per heavy atom. The predicted octanol–water partition coefficient (Wildman–Crippen LogP) is 4.47. The van der Waals surface area contributed by atoms with Crippen LogP contribution in [-0.4, -0.2) is 29.9 Å². The maximum absolute atomic E-state index is 13.5. The summed E-state index contributed by atoms with van der Waals surface area (Å²) < 4.78 is 28.9. The van der Waals surface area contributed by atoms with Crippen LogP contribution in [0.5, 0.6) is 0 Å². The molecular formula is C22H22FN2O2P. The molecule has 0 unspecified atom stereocenters. The quantitative estimate of drug-likeness (QED) is 0.598. The zero-order valence-corrected chi connectivity index (χ0v) is 17.1. The van der Waals surface area contributed by atoms with Crippen molar-refractivity contribution in [2.45, 2.75) is 26.3 Å². The van der Waals surface area contributed by atoms with Crippen molar-refractivity contribution in [3.05, 3.63) is 58.9 Å². The minimum Gasteiger partial charge on any atom is -0.318 e. The highest BCUT2D eigenvalue weighted by Gasteiger charge is 2.28. The molecule has 2 aromatic carbocycles. The zero-order valence-electron chi connectivity index (χ0n) is 16.2. The third kappa shape index (κ3) is 3.24. The molecule has 4 rings (SSSR count). The minimum atomic E-state index is -2.70. The molecule has 0 saturated carbocycles. The highest BCUT2D eigenvalue weighted by molar-refractivity contribution is 7.70. The van der Waals surface area contributed by atoms with Crippen molar-refractivity contribution in [1.29, 1.82) is 0 Å². The molecule has 2 heterocycles. The van der Waals surface area contributed by atoms with Gasteiger partial charge in [0.15, 0.2) is 0 Å². The molecule has 4 nitrogen and oxygen atoms in total. The minimum absolute atomic E-state index is 0.0974. The number of rotatable bonds is 5. The van der Waals surface area contributed by atoms with Crippen molar-refractivity contribution >= 4 is 35.5 Å². The first-order chi connectivity index (χ1) is 13.3. The summed E-state index contributed by atoms with van der Waals surface area (Å²) >= 11 is 0. The molecule has 0 saturated heterocycles. The molecule has 28 heavy (non-hydrogen) atoms. The molecule has 3 aromatic rings. The number of carbonyl (C=O) groups is 1. The van der Waals surface area contributed by atoms with E-state index >= 15 is 0 Å². The number of Topliss-reactive ketones (excluding diaryl/α,β-unsaturated/α-hetero) is 1. The lowest BCUT2D eigenvalue weighted by Crippen LogP contribution is -2.19. The molecule has 0 N–H and O–H groups in total. The number of hydrogen-bond acceptors (Lipinski definition) is 3. The first-order valence-corrected chi connectivity index (χ1v) is 11.9. The second-order valence-electron chi connectivity index (χ2n) is 7.70. The van der Waals surface area contributed by atoms with E-state index in [4.69, 9.17) is 0 Å². The Labute approximate surface area is 163 Å². The van der Waals surface area contributed by atoms with Gasteiger partial charge in [-0.1, -0.05) is 0 Å². The average Bonchev–Trinajstić information content (AvgIpc) is 3.20. The van der Waals surface area contributed by atoms with Crippen LogP contribution in [0.4, 0.5) is 4.39 Å². The van der Waals surface area contributed by atoms with Gasteiger partial charge in [-0.05, 0) is 79.8 Å². The van der Waals surface area contributed by atoms with Gasteiger partial charge in [0.25, 0.3) is 0 Å². The smallest absolute Gasteiger partial charge is 0.130 e. The van der Waals surface area contributed by atoms with E-state index in [0.29, 0.717) is 19.4 Å². The number of nitrogens with zero attached hydrogens (tertiary/aromatic N) is 2. The summed E-state index contributed by atoms with van der Waals surface area (Å²) in [6.45, 7) is 5.69. The Morgan fingerprint density at radius 1 is 1.21 bits per heavy atom. The van der Waals surface area contributed by atoms with Crippen LogP contribution in [0.1, 0.15) is 30.0 Å². The number of halogens is 1. The fourth-order valence-corrected chi connectivity index (χ4v) is 5.50. The molecule has 1 aliphatic rings. The highest BCUT2D eigenvalue weighted by atomic mass is 31.2. The third-order valence-electron chi connectivity index (χ3n) is 5.12. The van der Waals surface area contributed by atoms with Gasteiger partial charge >= 0.3 is 0 Å². The summed E-state index contributed by atoms with van der Waals surface area (Å²) in [5, 5.41) is 0.994. The number of hydrogen-bond donors (Lipinski definition) is 0. The number of aliphatic imine (C=N–C) groups is 1. The predicted molar refractivity (Wildman–Crippen MR) is 113 cm³/mol. The monoisotopic (exact) mass is 396 g/mol. The Bertz CT molecular complexity index is 1170. The largest absolute Gasteiger partial charge is 0.318 e. The maximum Gasteiger partial charge on any atom is 0.130 e. The third-order valence-corrected chi connectivity index (χ3v) is 6.61. The van der Waals surface area contributed by atoms with E-state index in [9.17, 15) is 13.8 Å². The van der Waals surface area contributed by atoms with Crippen molar-refractivity contribution in [2.24, 2.45) is 4.99 Å². The van der Waals surface area contributed by atoms with Crippen LogP contribution in [0.15, 0.2) is 41.4 Å². The second kappa shape index (κ2) is 6.82. The summed E-state index contributed by atoms with van der Waals surface area (Å²) in [7, 11) is -2.70. The molecule has 0 aliphatic carbocycles. The molecule has 0 amide bonds. The molecule has 0 fully saturated rings. The Balaban J connectivity index is 2.09. The van der Waals surface area contributed by atoms with Gasteiger partial charge in [0.1, 0.15) is 18.7 Å². The van der Waals surface area contributed by atoms with Crippen molar-refractivity contribution < 1.29 is 13.8 Å². The summed E-state index contributed by atoms with van der Waals surface area (Å²) in [6, 6.07) is 10.4. The molecule has 0 radical (unpaired) electrons. The van der Waals surface area contributed by atoms with E-state index in [1.54, 1.807) is 32.4 Å². The van der Waals surface area contributed by atoms with E-state index in [0.717, 1.165) is 38.7 Å². The van der Waals surface area contributed by atoms with Gasteiger partial charge in [0.2, 0.25) is 0 Å². The lowest BCUT2D eigenvalue weighted by Gasteiger charge is -2.16. The normalized spacial score (nSPS) is 13.3. The van der Waals surface area contributed by atoms with Crippen molar-refractivity contribution in [1.82, 2.24) is 4.57 Å². The van der Waals surface area contributed by atoms with Crippen LogP contribution in [-0.2, 0) is 22.3 Å². The molecule has 1 aliphatic heterocycles. The standard InChI is InChI=1S/C22H22FN2O2P/c1-14(26)4-9-19-20-10-15-12-24-13-16(15)11-21(20)25(22(19)28(2,3)27)18-7-5-17(23)6-8-18/h5-8,10-11,13H,4,9,12H2,1-3H3. The van der Waals surface area contributed by atoms with Crippen LogP contribution in [0, 0.1) is 5.82 Å². The molecule has 1 aromatic heterocycles. The molecular weight excluding hydrogens is 374 g/mol. The average molecular weight is 396 g/mol. The lowest BCUT2D eigenvalue weighted by atomic mass is 10.0. The molecule has 0 atom stereocenters. The summed E-state index contributed by atoms with van der Waals surface area (Å²) in [5.74, 6) is -0.220. The van der Waals surface area contributed by atoms with Crippen LogP contribution >= 0.6 is 7.14 Å². The fraction of sp³-hybridized carbons (Fsp3) is 0.273. The van der Waals surface area contributed by atoms with Crippen molar-refractivity contribution in [3.63, 3.8) is 0 Å². The Hall–Kier alpha value is -2.52. The highest BCUT2D eigenvalue weighted by Crippen LogP contribution is 2.42. The number of carbonyl (C=O) groups excluding carboxylic acids is 1. The molecule has 6 heteroatoms.